The summed E-state index contributed by atoms with van der Waals surface area (Å²) in [6, 6.07) is 5.49. The van der Waals surface area contributed by atoms with Crippen LogP contribution in [0.2, 0.25) is 5.02 Å². The number of nitrogens with zero attached hydrogens (tertiary/aromatic N) is 1. The summed E-state index contributed by atoms with van der Waals surface area (Å²) >= 11 is 6.02. The zero-order valence-electron chi connectivity index (χ0n) is 9.75. The fourth-order valence-electron chi connectivity index (χ4n) is 1.86. The van der Waals surface area contributed by atoms with E-state index in [4.69, 9.17) is 22.1 Å². The van der Waals surface area contributed by atoms with Crippen LogP contribution in [-0.2, 0) is 6.54 Å². The zero-order chi connectivity index (χ0) is 12.4. The smallest absolute Gasteiger partial charge is 0.126 e. The molecule has 0 saturated carbocycles. The predicted octanol–water partition coefficient (Wildman–Crippen LogP) is 2.51. The average molecular weight is 252 g/mol. The van der Waals surface area contributed by atoms with Gasteiger partial charge in [-0.05, 0) is 25.1 Å². The van der Waals surface area contributed by atoms with Crippen molar-refractivity contribution in [3.05, 3.63) is 34.6 Å². The Balaban J connectivity index is 2.66. The number of ether oxygens (including phenoxy) is 1. The maximum Gasteiger partial charge on any atom is 0.126 e. The second-order valence-electron chi connectivity index (χ2n) is 3.72. The molecule has 0 unspecified atom stereocenters. The summed E-state index contributed by atoms with van der Waals surface area (Å²) in [6.45, 7) is 2.32. The Morgan fingerprint density at radius 1 is 1.47 bits per heavy atom. The van der Waals surface area contributed by atoms with Crippen LogP contribution >= 0.6 is 11.6 Å². The lowest BCUT2D eigenvalue weighted by Crippen LogP contribution is -1.99. The number of benzene rings is 1. The molecule has 0 bridgehead atoms. The van der Waals surface area contributed by atoms with Crippen molar-refractivity contribution >= 4 is 11.6 Å². The number of methoxy groups -OCH3 is 1. The van der Waals surface area contributed by atoms with Crippen LogP contribution in [0.5, 0.6) is 5.75 Å². The van der Waals surface area contributed by atoms with Gasteiger partial charge in [0, 0.05) is 28.4 Å². The maximum absolute atomic E-state index is 6.02. The van der Waals surface area contributed by atoms with Crippen molar-refractivity contribution in [1.29, 1.82) is 0 Å². The van der Waals surface area contributed by atoms with Crippen molar-refractivity contribution in [3.63, 3.8) is 0 Å². The molecule has 5 heteroatoms. The van der Waals surface area contributed by atoms with Gasteiger partial charge in [0.2, 0.25) is 0 Å². The molecule has 0 aliphatic rings. The van der Waals surface area contributed by atoms with Gasteiger partial charge in [0.25, 0.3) is 0 Å². The Kier molecular flexibility index (Phi) is 3.36. The third kappa shape index (κ3) is 2.14. The molecule has 0 fully saturated rings. The van der Waals surface area contributed by atoms with E-state index in [1.165, 1.54) is 0 Å². The van der Waals surface area contributed by atoms with Gasteiger partial charge >= 0.3 is 0 Å². The first-order valence-electron chi connectivity index (χ1n) is 5.25. The van der Waals surface area contributed by atoms with E-state index in [1.807, 2.05) is 19.1 Å². The summed E-state index contributed by atoms with van der Waals surface area (Å²) in [6.07, 6.45) is 0. The molecule has 2 aromatic rings. The van der Waals surface area contributed by atoms with Gasteiger partial charge in [0.05, 0.1) is 12.8 Å². The molecular weight excluding hydrogens is 238 g/mol. The number of H-pyrrole nitrogens is 1. The van der Waals surface area contributed by atoms with E-state index in [-0.39, 0.29) is 0 Å². The molecule has 1 heterocycles. The minimum Gasteiger partial charge on any atom is -0.496 e. The molecule has 1 aromatic carbocycles. The van der Waals surface area contributed by atoms with Crippen molar-refractivity contribution < 1.29 is 4.74 Å². The molecule has 90 valence electrons. The van der Waals surface area contributed by atoms with Gasteiger partial charge in [-0.2, -0.15) is 5.10 Å². The van der Waals surface area contributed by atoms with E-state index in [2.05, 4.69) is 10.2 Å². The van der Waals surface area contributed by atoms with Crippen molar-refractivity contribution in [3.8, 4) is 16.9 Å². The van der Waals surface area contributed by atoms with Crippen LogP contribution < -0.4 is 10.5 Å². The summed E-state index contributed by atoms with van der Waals surface area (Å²) in [5, 5.41) is 7.75. The number of hydrogen-bond acceptors (Lipinski definition) is 3. The molecule has 0 aliphatic heterocycles. The van der Waals surface area contributed by atoms with Gasteiger partial charge in [-0.3, -0.25) is 5.10 Å². The van der Waals surface area contributed by atoms with Crippen molar-refractivity contribution in [1.82, 2.24) is 10.2 Å². The first-order chi connectivity index (χ1) is 8.17. The average Bonchev–Trinajstić information content (AvgIpc) is 2.70. The van der Waals surface area contributed by atoms with Crippen LogP contribution in [0, 0.1) is 6.92 Å². The van der Waals surface area contributed by atoms with E-state index in [1.54, 1.807) is 13.2 Å². The SMILES string of the molecule is COc1ccc(Cl)cc1-c1c(CN)n[nH]c1C. The highest BCUT2D eigenvalue weighted by molar-refractivity contribution is 6.31. The second-order valence-corrected chi connectivity index (χ2v) is 4.16. The normalized spacial score (nSPS) is 10.6. The highest BCUT2D eigenvalue weighted by Crippen LogP contribution is 2.35. The Bertz CT molecular complexity index is 537. The molecule has 0 radical (unpaired) electrons. The molecule has 3 N–H and O–H groups in total. The van der Waals surface area contributed by atoms with E-state index in [0.717, 1.165) is 28.3 Å². The number of nitrogens with two attached hydrogens (primary N) is 1. The second kappa shape index (κ2) is 4.77. The van der Waals surface area contributed by atoms with Crippen molar-refractivity contribution in [2.75, 3.05) is 7.11 Å². The third-order valence-corrected chi connectivity index (χ3v) is 2.88. The van der Waals surface area contributed by atoms with Gasteiger partial charge in [0.1, 0.15) is 5.75 Å². The van der Waals surface area contributed by atoms with Gasteiger partial charge in [0.15, 0.2) is 0 Å². The minimum absolute atomic E-state index is 0.370. The molecule has 0 spiro atoms. The molecule has 17 heavy (non-hydrogen) atoms. The van der Waals surface area contributed by atoms with Crippen LogP contribution in [0.1, 0.15) is 11.4 Å². The number of halogens is 1. The Morgan fingerprint density at radius 2 is 2.24 bits per heavy atom. The minimum atomic E-state index is 0.370. The number of rotatable bonds is 3. The number of hydrogen-bond donors (Lipinski definition) is 2. The zero-order valence-corrected chi connectivity index (χ0v) is 10.5. The third-order valence-electron chi connectivity index (χ3n) is 2.65. The first kappa shape index (κ1) is 12.0. The van der Waals surface area contributed by atoms with E-state index >= 15 is 0 Å². The summed E-state index contributed by atoms with van der Waals surface area (Å²) < 4.78 is 5.34. The maximum atomic E-state index is 6.02. The molecule has 1 aromatic heterocycles. The van der Waals surface area contributed by atoms with E-state index < -0.39 is 0 Å². The molecule has 2 rings (SSSR count). The molecule has 4 nitrogen and oxygen atoms in total. The fraction of sp³-hybridized carbons (Fsp3) is 0.250. The van der Waals surface area contributed by atoms with Gasteiger partial charge in [-0.1, -0.05) is 11.6 Å². The lowest BCUT2D eigenvalue weighted by atomic mass is 10.0. The largest absolute Gasteiger partial charge is 0.496 e. The molecule has 0 atom stereocenters. The van der Waals surface area contributed by atoms with E-state index in [0.29, 0.717) is 11.6 Å². The number of aromatic amines is 1. The number of aryl methyl sites for hydroxylation is 1. The van der Waals surface area contributed by atoms with E-state index in [9.17, 15) is 0 Å². The fourth-order valence-corrected chi connectivity index (χ4v) is 2.03. The standard InChI is InChI=1S/C12H14ClN3O/c1-7-12(10(6-14)16-15-7)9-5-8(13)3-4-11(9)17-2/h3-5H,6,14H2,1-2H3,(H,15,16). The lowest BCUT2D eigenvalue weighted by Gasteiger charge is -2.09. The molecular formula is C12H14ClN3O. The number of aromatic nitrogens is 2. The topological polar surface area (TPSA) is 63.9 Å². The van der Waals surface area contributed by atoms with Crippen molar-refractivity contribution in [2.45, 2.75) is 13.5 Å². The summed E-state index contributed by atoms with van der Waals surface area (Å²) in [5.74, 6) is 0.758. The Hall–Kier alpha value is -1.52. The molecule has 0 amide bonds. The first-order valence-corrected chi connectivity index (χ1v) is 5.63. The summed E-state index contributed by atoms with van der Waals surface area (Å²) in [7, 11) is 1.63. The quantitative estimate of drug-likeness (QED) is 0.881. The van der Waals surface area contributed by atoms with Crippen LogP contribution in [0.3, 0.4) is 0 Å². The van der Waals surface area contributed by atoms with Gasteiger partial charge in [-0.25, -0.2) is 0 Å². The van der Waals surface area contributed by atoms with Crippen LogP contribution in [-0.4, -0.2) is 17.3 Å². The van der Waals surface area contributed by atoms with Crippen molar-refractivity contribution in [2.24, 2.45) is 5.73 Å². The monoisotopic (exact) mass is 251 g/mol. The Morgan fingerprint density at radius 3 is 2.88 bits per heavy atom. The predicted molar refractivity (Wildman–Crippen MR) is 68.2 cm³/mol. The molecule has 0 aliphatic carbocycles. The van der Waals surface area contributed by atoms with Crippen LogP contribution in [0.15, 0.2) is 18.2 Å². The van der Waals surface area contributed by atoms with Gasteiger partial charge in [-0.15, -0.1) is 0 Å². The van der Waals surface area contributed by atoms with Gasteiger partial charge < -0.3 is 10.5 Å². The van der Waals surface area contributed by atoms with Crippen LogP contribution in [0.25, 0.3) is 11.1 Å². The number of nitrogens with one attached hydrogen (secondary N) is 1. The Labute approximate surface area is 105 Å². The molecule has 0 saturated heterocycles. The van der Waals surface area contributed by atoms with Crippen LogP contribution in [0.4, 0.5) is 0 Å². The highest BCUT2D eigenvalue weighted by Gasteiger charge is 2.15. The summed E-state index contributed by atoms with van der Waals surface area (Å²) in [5.41, 5.74) is 9.31. The highest BCUT2D eigenvalue weighted by atomic mass is 35.5. The lowest BCUT2D eigenvalue weighted by molar-refractivity contribution is 0.416. The summed E-state index contributed by atoms with van der Waals surface area (Å²) in [4.78, 5) is 0.